The zero-order chi connectivity index (χ0) is 13.7. The largest absolute Gasteiger partial charge is 0.268 e. The van der Waals surface area contributed by atoms with Crippen molar-refractivity contribution < 1.29 is 0 Å². The number of para-hydroxylation sites is 1. The molecular formula is C16H9ClN2O. The van der Waals surface area contributed by atoms with E-state index in [0.29, 0.717) is 21.6 Å². The van der Waals surface area contributed by atoms with Crippen LogP contribution in [0.2, 0.25) is 5.02 Å². The van der Waals surface area contributed by atoms with E-state index in [2.05, 4.69) is 4.98 Å². The molecule has 0 saturated heterocycles. The SMILES string of the molecule is O=c1c2cc(Cl)ccc2nc2ccc3ccccc3n12. The average Bonchev–Trinajstić information content (AvgIpc) is 2.48. The van der Waals surface area contributed by atoms with E-state index in [-0.39, 0.29) is 5.56 Å². The van der Waals surface area contributed by atoms with Crippen LogP contribution in [0.15, 0.2) is 59.4 Å². The Hall–Kier alpha value is -2.39. The molecule has 4 rings (SSSR count). The molecule has 0 fully saturated rings. The third kappa shape index (κ3) is 1.53. The van der Waals surface area contributed by atoms with Crippen LogP contribution in [0.5, 0.6) is 0 Å². The molecule has 2 aromatic carbocycles. The van der Waals surface area contributed by atoms with Crippen LogP contribution >= 0.6 is 11.6 Å². The molecule has 4 heteroatoms. The number of aromatic nitrogens is 2. The summed E-state index contributed by atoms with van der Waals surface area (Å²) in [5.74, 6) is 0. The fraction of sp³-hybridized carbons (Fsp3) is 0. The predicted octanol–water partition coefficient (Wildman–Crippen LogP) is 3.65. The lowest BCUT2D eigenvalue weighted by Gasteiger charge is -2.07. The van der Waals surface area contributed by atoms with E-state index in [1.165, 1.54) is 0 Å². The summed E-state index contributed by atoms with van der Waals surface area (Å²) in [5, 5.41) is 2.08. The number of benzene rings is 2. The van der Waals surface area contributed by atoms with Crippen LogP contribution in [0.1, 0.15) is 0 Å². The lowest BCUT2D eigenvalue weighted by Crippen LogP contribution is -2.15. The van der Waals surface area contributed by atoms with E-state index in [9.17, 15) is 4.79 Å². The van der Waals surface area contributed by atoms with Gasteiger partial charge in [0.25, 0.3) is 5.56 Å². The smallest absolute Gasteiger partial charge is 0.266 e. The summed E-state index contributed by atoms with van der Waals surface area (Å²) in [6.07, 6.45) is 0. The van der Waals surface area contributed by atoms with Gasteiger partial charge in [-0.2, -0.15) is 0 Å². The summed E-state index contributed by atoms with van der Waals surface area (Å²) in [6.45, 7) is 0. The third-order valence-corrected chi connectivity index (χ3v) is 3.68. The van der Waals surface area contributed by atoms with Crippen molar-refractivity contribution >= 4 is 39.1 Å². The van der Waals surface area contributed by atoms with Crippen LogP contribution in [0.25, 0.3) is 27.5 Å². The van der Waals surface area contributed by atoms with Crippen molar-refractivity contribution in [2.75, 3.05) is 0 Å². The van der Waals surface area contributed by atoms with Gasteiger partial charge in [-0.05, 0) is 41.8 Å². The highest BCUT2D eigenvalue weighted by molar-refractivity contribution is 6.31. The summed E-state index contributed by atoms with van der Waals surface area (Å²) in [5.41, 5.74) is 2.06. The summed E-state index contributed by atoms with van der Waals surface area (Å²) in [4.78, 5) is 17.3. The molecule has 2 aromatic heterocycles. The number of halogens is 1. The highest BCUT2D eigenvalue weighted by Crippen LogP contribution is 2.19. The molecule has 0 aliphatic carbocycles. The molecule has 0 unspecified atom stereocenters. The lowest BCUT2D eigenvalue weighted by atomic mass is 10.2. The topological polar surface area (TPSA) is 34.4 Å². The van der Waals surface area contributed by atoms with Gasteiger partial charge in [0.15, 0.2) is 0 Å². The van der Waals surface area contributed by atoms with E-state index in [0.717, 1.165) is 10.9 Å². The van der Waals surface area contributed by atoms with E-state index >= 15 is 0 Å². The van der Waals surface area contributed by atoms with Crippen molar-refractivity contribution in [2.24, 2.45) is 0 Å². The molecule has 2 heterocycles. The van der Waals surface area contributed by atoms with Gasteiger partial charge in [0.1, 0.15) is 5.65 Å². The minimum atomic E-state index is -0.0932. The Labute approximate surface area is 119 Å². The molecule has 96 valence electrons. The molecule has 0 spiro atoms. The molecule has 0 saturated carbocycles. The van der Waals surface area contributed by atoms with E-state index < -0.39 is 0 Å². The highest BCUT2D eigenvalue weighted by Gasteiger charge is 2.08. The van der Waals surface area contributed by atoms with Crippen molar-refractivity contribution in [1.29, 1.82) is 0 Å². The van der Waals surface area contributed by atoms with Crippen LogP contribution in [0.4, 0.5) is 0 Å². The van der Waals surface area contributed by atoms with Crippen LogP contribution in [-0.4, -0.2) is 9.38 Å². The first-order chi connectivity index (χ1) is 9.74. The second kappa shape index (κ2) is 4.05. The first-order valence-electron chi connectivity index (χ1n) is 6.24. The molecule has 20 heavy (non-hydrogen) atoms. The number of pyridine rings is 1. The first kappa shape index (κ1) is 11.4. The summed E-state index contributed by atoms with van der Waals surface area (Å²) < 4.78 is 1.63. The van der Waals surface area contributed by atoms with Crippen LogP contribution in [0, 0.1) is 0 Å². The van der Waals surface area contributed by atoms with Gasteiger partial charge < -0.3 is 0 Å². The summed E-state index contributed by atoms with van der Waals surface area (Å²) >= 11 is 5.98. The molecule has 3 nitrogen and oxygen atoms in total. The molecule has 0 aliphatic rings. The van der Waals surface area contributed by atoms with Crippen LogP contribution < -0.4 is 5.56 Å². The van der Waals surface area contributed by atoms with Crippen molar-refractivity contribution in [3.8, 4) is 0 Å². The zero-order valence-corrected chi connectivity index (χ0v) is 11.1. The zero-order valence-electron chi connectivity index (χ0n) is 10.4. The fourth-order valence-corrected chi connectivity index (χ4v) is 2.69. The van der Waals surface area contributed by atoms with E-state index in [1.807, 2.05) is 36.4 Å². The quantitative estimate of drug-likeness (QED) is 0.364. The van der Waals surface area contributed by atoms with Gasteiger partial charge in [-0.15, -0.1) is 0 Å². The Bertz CT molecular complexity index is 1040. The average molecular weight is 281 g/mol. The third-order valence-electron chi connectivity index (χ3n) is 3.45. The van der Waals surface area contributed by atoms with Crippen molar-refractivity contribution in [3.05, 3.63) is 70.0 Å². The maximum absolute atomic E-state index is 12.7. The van der Waals surface area contributed by atoms with Crippen molar-refractivity contribution in [2.45, 2.75) is 0 Å². The molecular weight excluding hydrogens is 272 g/mol. The summed E-state index contributed by atoms with van der Waals surface area (Å²) in [6, 6.07) is 16.8. The molecule has 0 radical (unpaired) electrons. The molecule has 0 atom stereocenters. The molecule has 4 aromatic rings. The maximum Gasteiger partial charge on any atom is 0.266 e. The highest BCUT2D eigenvalue weighted by atomic mass is 35.5. The molecule has 0 bridgehead atoms. The standard InChI is InChI=1S/C16H9ClN2O/c17-11-6-7-13-12(9-11)16(20)19-14-4-2-1-3-10(14)5-8-15(19)18-13/h1-9H. The number of nitrogens with zero attached hydrogens (tertiary/aromatic N) is 2. The van der Waals surface area contributed by atoms with Gasteiger partial charge in [0.05, 0.1) is 16.4 Å². The van der Waals surface area contributed by atoms with Gasteiger partial charge in [0.2, 0.25) is 0 Å². The summed E-state index contributed by atoms with van der Waals surface area (Å²) in [7, 11) is 0. The molecule has 0 amide bonds. The minimum absolute atomic E-state index is 0.0932. The van der Waals surface area contributed by atoms with Crippen LogP contribution in [0.3, 0.4) is 0 Å². The number of fused-ring (bicyclic) bond motifs is 4. The van der Waals surface area contributed by atoms with Gasteiger partial charge in [-0.25, -0.2) is 4.98 Å². The van der Waals surface area contributed by atoms with Gasteiger partial charge in [0, 0.05) is 5.02 Å². The number of hydrogen-bond acceptors (Lipinski definition) is 2. The predicted molar refractivity (Wildman–Crippen MR) is 81.5 cm³/mol. The van der Waals surface area contributed by atoms with Crippen molar-refractivity contribution in [3.63, 3.8) is 0 Å². The Balaban J connectivity index is 2.34. The van der Waals surface area contributed by atoms with E-state index in [4.69, 9.17) is 11.6 Å². The van der Waals surface area contributed by atoms with Crippen LogP contribution in [-0.2, 0) is 0 Å². The van der Waals surface area contributed by atoms with E-state index in [1.54, 1.807) is 22.6 Å². The Morgan fingerprint density at radius 3 is 2.75 bits per heavy atom. The van der Waals surface area contributed by atoms with Gasteiger partial charge >= 0.3 is 0 Å². The van der Waals surface area contributed by atoms with Gasteiger partial charge in [-0.3, -0.25) is 9.20 Å². The van der Waals surface area contributed by atoms with Gasteiger partial charge in [-0.1, -0.05) is 29.8 Å². The normalized spacial score (nSPS) is 11.4. The molecule has 0 aliphatic heterocycles. The first-order valence-corrected chi connectivity index (χ1v) is 6.62. The van der Waals surface area contributed by atoms with Crippen molar-refractivity contribution in [1.82, 2.24) is 9.38 Å². The Morgan fingerprint density at radius 1 is 1.00 bits per heavy atom. The molecule has 0 N–H and O–H groups in total. The fourth-order valence-electron chi connectivity index (χ4n) is 2.52. The number of hydrogen-bond donors (Lipinski definition) is 0. The Morgan fingerprint density at radius 2 is 1.85 bits per heavy atom. The maximum atomic E-state index is 12.7. The minimum Gasteiger partial charge on any atom is -0.268 e. The number of rotatable bonds is 0. The second-order valence-corrected chi connectivity index (χ2v) is 5.10. The lowest BCUT2D eigenvalue weighted by molar-refractivity contribution is 1.13. The Kier molecular flexibility index (Phi) is 2.32. The monoisotopic (exact) mass is 280 g/mol. The second-order valence-electron chi connectivity index (χ2n) is 4.66.